The Bertz CT molecular complexity index is 220. The Labute approximate surface area is 76.9 Å². The topological polar surface area (TPSA) is 71.4 Å². The van der Waals surface area contributed by atoms with Crippen LogP contribution in [-0.2, 0) is 14.4 Å². The van der Waals surface area contributed by atoms with E-state index in [0.29, 0.717) is 0 Å². The molecule has 0 amide bonds. The van der Waals surface area contributed by atoms with Gasteiger partial charge in [-0.1, -0.05) is 6.92 Å². The van der Waals surface area contributed by atoms with Crippen molar-refractivity contribution in [2.75, 3.05) is 0 Å². The summed E-state index contributed by atoms with van der Waals surface area (Å²) in [6.07, 6.45) is 0.275. The van der Waals surface area contributed by atoms with Gasteiger partial charge in [0.1, 0.15) is 11.6 Å². The lowest BCUT2D eigenvalue weighted by Gasteiger charge is -2.09. The molecule has 0 saturated heterocycles. The van der Waals surface area contributed by atoms with Gasteiger partial charge >= 0.3 is 5.97 Å². The van der Waals surface area contributed by atoms with Gasteiger partial charge in [0.25, 0.3) is 0 Å². The van der Waals surface area contributed by atoms with E-state index in [0.717, 1.165) is 0 Å². The van der Waals surface area contributed by atoms with Crippen LogP contribution in [0.15, 0.2) is 0 Å². The summed E-state index contributed by atoms with van der Waals surface area (Å²) in [5.74, 6) is -2.11. The molecule has 13 heavy (non-hydrogen) atoms. The van der Waals surface area contributed by atoms with Crippen LogP contribution in [0.3, 0.4) is 0 Å². The van der Waals surface area contributed by atoms with Gasteiger partial charge in [-0.25, -0.2) is 0 Å². The molecule has 0 radical (unpaired) electrons. The van der Waals surface area contributed by atoms with Gasteiger partial charge in [0.2, 0.25) is 0 Å². The number of rotatable bonds is 6. The molecule has 0 aromatic heterocycles. The van der Waals surface area contributed by atoms with Crippen LogP contribution in [0, 0.1) is 5.92 Å². The fraction of sp³-hybridized carbons (Fsp3) is 0.667. The van der Waals surface area contributed by atoms with Crippen LogP contribution in [0.2, 0.25) is 0 Å². The van der Waals surface area contributed by atoms with Crippen molar-refractivity contribution in [3.05, 3.63) is 0 Å². The summed E-state index contributed by atoms with van der Waals surface area (Å²) in [5, 5.41) is 8.38. The van der Waals surface area contributed by atoms with Crippen LogP contribution >= 0.6 is 0 Å². The van der Waals surface area contributed by atoms with Gasteiger partial charge in [-0.2, -0.15) is 0 Å². The zero-order valence-electron chi connectivity index (χ0n) is 7.87. The molecule has 0 aromatic carbocycles. The van der Waals surface area contributed by atoms with Gasteiger partial charge in [0.05, 0.1) is 5.92 Å². The molecular weight excluding hydrogens is 172 g/mol. The Balaban J connectivity index is 4.18. The van der Waals surface area contributed by atoms with Crippen molar-refractivity contribution in [3.63, 3.8) is 0 Å². The number of hydrogen-bond acceptors (Lipinski definition) is 3. The average Bonchev–Trinajstić information content (AvgIpc) is 2.03. The highest BCUT2D eigenvalue weighted by Crippen LogP contribution is 2.11. The van der Waals surface area contributed by atoms with E-state index in [1.54, 1.807) is 6.92 Å². The maximum absolute atomic E-state index is 11.2. The molecule has 0 bridgehead atoms. The van der Waals surface area contributed by atoms with E-state index in [-0.39, 0.29) is 30.8 Å². The fourth-order valence-electron chi connectivity index (χ4n) is 1.11. The summed E-state index contributed by atoms with van der Waals surface area (Å²) in [6, 6.07) is 0. The number of carboxylic acids is 1. The molecule has 0 fully saturated rings. The van der Waals surface area contributed by atoms with Gasteiger partial charge in [0.15, 0.2) is 0 Å². The third-order valence-electron chi connectivity index (χ3n) is 1.87. The largest absolute Gasteiger partial charge is 0.481 e. The van der Waals surface area contributed by atoms with E-state index in [1.165, 1.54) is 6.92 Å². The summed E-state index contributed by atoms with van der Waals surface area (Å²) in [5.41, 5.74) is 0. The molecule has 0 saturated carbocycles. The van der Waals surface area contributed by atoms with Crippen LogP contribution in [0.1, 0.15) is 33.1 Å². The molecule has 1 unspecified atom stereocenters. The molecule has 0 heterocycles. The van der Waals surface area contributed by atoms with Gasteiger partial charge in [-0.05, 0) is 13.3 Å². The Hall–Kier alpha value is -1.19. The van der Waals surface area contributed by atoms with Crippen molar-refractivity contribution < 1.29 is 19.5 Å². The number of carboxylic acid groups (broad SMARTS) is 1. The SMILES string of the molecule is CCC(=O)C(CCC(=O)O)C(C)=O. The monoisotopic (exact) mass is 186 g/mol. The minimum absolute atomic E-state index is 0.122. The lowest BCUT2D eigenvalue weighted by molar-refractivity contribution is -0.138. The van der Waals surface area contributed by atoms with Gasteiger partial charge in [-0.15, -0.1) is 0 Å². The Morgan fingerprint density at radius 2 is 1.85 bits per heavy atom. The van der Waals surface area contributed by atoms with Crippen molar-refractivity contribution in [1.82, 2.24) is 0 Å². The number of Topliss-reactive ketones (excluding diaryl/α,β-unsaturated/α-hetero) is 2. The summed E-state index contributed by atoms with van der Waals surface area (Å²) in [4.78, 5) is 32.3. The molecule has 4 heteroatoms. The number of aliphatic carboxylic acids is 1. The average molecular weight is 186 g/mol. The van der Waals surface area contributed by atoms with Crippen LogP contribution in [0.5, 0.6) is 0 Å². The second kappa shape index (κ2) is 5.45. The number of ketones is 2. The normalized spacial score (nSPS) is 12.2. The van der Waals surface area contributed by atoms with Gasteiger partial charge in [0, 0.05) is 12.8 Å². The first-order valence-electron chi connectivity index (χ1n) is 4.24. The zero-order valence-corrected chi connectivity index (χ0v) is 7.87. The van der Waals surface area contributed by atoms with Crippen molar-refractivity contribution in [2.24, 2.45) is 5.92 Å². The fourth-order valence-corrected chi connectivity index (χ4v) is 1.11. The molecule has 0 spiro atoms. The maximum Gasteiger partial charge on any atom is 0.303 e. The second-order valence-corrected chi connectivity index (χ2v) is 2.92. The Morgan fingerprint density at radius 3 is 2.15 bits per heavy atom. The molecule has 1 atom stereocenters. The van der Waals surface area contributed by atoms with E-state index in [1.807, 2.05) is 0 Å². The minimum Gasteiger partial charge on any atom is -0.481 e. The smallest absolute Gasteiger partial charge is 0.303 e. The number of carbonyl (C=O) groups excluding carboxylic acids is 2. The third-order valence-corrected chi connectivity index (χ3v) is 1.87. The van der Waals surface area contributed by atoms with Crippen molar-refractivity contribution in [3.8, 4) is 0 Å². The summed E-state index contributed by atoms with van der Waals surface area (Å²) < 4.78 is 0. The quantitative estimate of drug-likeness (QED) is 0.629. The molecule has 0 rings (SSSR count). The molecule has 0 aromatic rings. The van der Waals surface area contributed by atoms with E-state index >= 15 is 0 Å². The van der Waals surface area contributed by atoms with Gasteiger partial charge < -0.3 is 5.11 Å². The van der Waals surface area contributed by atoms with E-state index in [9.17, 15) is 14.4 Å². The maximum atomic E-state index is 11.2. The van der Waals surface area contributed by atoms with E-state index < -0.39 is 11.9 Å². The summed E-state index contributed by atoms with van der Waals surface area (Å²) >= 11 is 0. The minimum atomic E-state index is -0.977. The summed E-state index contributed by atoms with van der Waals surface area (Å²) in [7, 11) is 0. The Morgan fingerprint density at radius 1 is 1.31 bits per heavy atom. The highest BCUT2D eigenvalue weighted by molar-refractivity contribution is 6.01. The first kappa shape index (κ1) is 11.8. The third kappa shape index (κ3) is 4.40. The second-order valence-electron chi connectivity index (χ2n) is 2.92. The summed E-state index contributed by atoms with van der Waals surface area (Å²) in [6.45, 7) is 2.99. The first-order valence-corrected chi connectivity index (χ1v) is 4.24. The van der Waals surface area contributed by atoms with Crippen LogP contribution < -0.4 is 0 Å². The van der Waals surface area contributed by atoms with E-state index in [4.69, 9.17) is 5.11 Å². The Kier molecular flexibility index (Phi) is 4.96. The van der Waals surface area contributed by atoms with Gasteiger partial charge in [-0.3, -0.25) is 14.4 Å². The van der Waals surface area contributed by atoms with Crippen LogP contribution in [0.25, 0.3) is 0 Å². The predicted molar refractivity (Wildman–Crippen MR) is 46.3 cm³/mol. The molecule has 1 N–H and O–H groups in total. The lowest BCUT2D eigenvalue weighted by atomic mass is 9.93. The predicted octanol–water partition coefficient (Wildman–Crippen LogP) is 1.04. The highest BCUT2D eigenvalue weighted by atomic mass is 16.4. The molecule has 0 aliphatic rings. The zero-order chi connectivity index (χ0) is 10.4. The van der Waals surface area contributed by atoms with Crippen LogP contribution in [-0.4, -0.2) is 22.6 Å². The molecule has 0 aliphatic heterocycles. The number of hydrogen-bond donors (Lipinski definition) is 1. The van der Waals surface area contributed by atoms with Crippen molar-refractivity contribution in [1.29, 1.82) is 0 Å². The van der Waals surface area contributed by atoms with Crippen LogP contribution in [0.4, 0.5) is 0 Å². The molecule has 4 nitrogen and oxygen atoms in total. The standard InChI is InChI=1S/C9H14O4/c1-3-8(11)7(6(2)10)4-5-9(12)13/h7H,3-5H2,1-2H3,(H,12,13). The van der Waals surface area contributed by atoms with Crippen molar-refractivity contribution in [2.45, 2.75) is 33.1 Å². The molecule has 74 valence electrons. The number of carbonyl (C=O) groups is 3. The molecule has 0 aliphatic carbocycles. The lowest BCUT2D eigenvalue weighted by Crippen LogP contribution is -2.22. The molecular formula is C9H14O4. The van der Waals surface area contributed by atoms with E-state index in [2.05, 4.69) is 0 Å². The first-order chi connectivity index (χ1) is 5.99. The van der Waals surface area contributed by atoms with Crippen molar-refractivity contribution >= 4 is 17.5 Å². The highest BCUT2D eigenvalue weighted by Gasteiger charge is 2.21.